The van der Waals surface area contributed by atoms with Crippen molar-refractivity contribution in [2.75, 3.05) is 26.2 Å². The van der Waals surface area contributed by atoms with Gasteiger partial charge in [-0.05, 0) is 51.9 Å². The van der Waals surface area contributed by atoms with Gasteiger partial charge in [-0.3, -0.25) is 14.1 Å². The topological polar surface area (TPSA) is 58.9 Å². The zero-order valence-electron chi connectivity index (χ0n) is 14.7. The van der Waals surface area contributed by atoms with Gasteiger partial charge in [0.05, 0.1) is 12.3 Å². The fraction of sp³-hybridized carbons (Fsp3) is 0.556. The van der Waals surface area contributed by atoms with E-state index in [0.717, 1.165) is 25.2 Å². The Labute approximate surface area is 142 Å². The van der Waals surface area contributed by atoms with Crippen molar-refractivity contribution in [2.24, 2.45) is 0 Å². The lowest BCUT2D eigenvalue weighted by atomic mass is 10.2. The molecule has 1 fully saturated rings. The molecule has 1 amide bonds. The first kappa shape index (κ1) is 16.8. The highest BCUT2D eigenvalue weighted by molar-refractivity contribution is 5.95. The molecule has 0 bridgehead atoms. The molecule has 24 heavy (non-hydrogen) atoms. The van der Waals surface area contributed by atoms with Gasteiger partial charge in [0, 0.05) is 18.8 Å². The maximum atomic E-state index is 12.7. The van der Waals surface area contributed by atoms with Crippen LogP contribution < -0.4 is 10.1 Å². The first-order valence-electron chi connectivity index (χ1n) is 8.78. The number of nitrogens with zero attached hydrogens (tertiary/aromatic N) is 3. The van der Waals surface area contributed by atoms with Crippen LogP contribution in [0.3, 0.4) is 0 Å². The molecule has 3 rings (SSSR count). The molecule has 0 saturated carbocycles. The number of imidazole rings is 1. The molecule has 0 radical (unpaired) electrons. The smallest absolute Gasteiger partial charge is 0.270 e. The van der Waals surface area contributed by atoms with E-state index in [9.17, 15) is 4.79 Å². The number of carbonyl (C=O) groups is 1. The molecule has 0 aliphatic carbocycles. The second kappa shape index (κ2) is 7.21. The van der Waals surface area contributed by atoms with Crippen molar-refractivity contribution in [1.82, 2.24) is 19.6 Å². The third-order valence-electron chi connectivity index (χ3n) is 4.71. The van der Waals surface area contributed by atoms with Crippen LogP contribution in [0.1, 0.15) is 42.9 Å². The van der Waals surface area contributed by atoms with Gasteiger partial charge in [-0.1, -0.05) is 6.92 Å². The van der Waals surface area contributed by atoms with E-state index in [1.165, 1.54) is 6.42 Å². The maximum Gasteiger partial charge on any atom is 0.270 e. The lowest BCUT2D eigenvalue weighted by Gasteiger charge is -2.22. The molecule has 0 aromatic carbocycles. The Bertz CT molecular complexity index is 725. The second-order valence-electron chi connectivity index (χ2n) is 6.18. The van der Waals surface area contributed by atoms with E-state index in [4.69, 9.17) is 4.74 Å². The number of aryl methyl sites for hydroxylation is 1. The van der Waals surface area contributed by atoms with Crippen LogP contribution in [0.25, 0.3) is 5.65 Å². The number of fused-ring (bicyclic) bond motifs is 1. The number of amides is 1. The third-order valence-corrected chi connectivity index (χ3v) is 4.71. The van der Waals surface area contributed by atoms with E-state index < -0.39 is 0 Å². The highest BCUT2D eigenvalue weighted by atomic mass is 16.5. The normalized spacial score (nSPS) is 18.2. The summed E-state index contributed by atoms with van der Waals surface area (Å²) in [5.41, 5.74) is 2.00. The lowest BCUT2D eigenvalue weighted by Crippen LogP contribution is -2.40. The summed E-state index contributed by atoms with van der Waals surface area (Å²) < 4.78 is 7.44. The quantitative estimate of drug-likeness (QED) is 0.882. The van der Waals surface area contributed by atoms with Crippen LogP contribution in [-0.2, 0) is 0 Å². The summed E-state index contributed by atoms with van der Waals surface area (Å²) in [7, 11) is 0. The van der Waals surface area contributed by atoms with Gasteiger partial charge >= 0.3 is 0 Å². The number of nitrogens with one attached hydrogen (secondary N) is 1. The maximum absolute atomic E-state index is 12.7. The molecule has 1 aliphatic heterocycles. The Kier molecular flexibility index (Phi) is 5.04. The second-order valence-corrected chi connectivity index (χ2v) is 6.18. The van der Waals surface area contributed by atoms with Gasteiger partial charge in [0.1, 0.15) is 5.69 Å². The van der Waals surface area contributed by atoms with E-state index in [0.29, 0.717) is 36.3 Å². The first-order valence-corrected chi connectivity index (χ1v) is 8.78. The molecule has 2 aromatic heterocycles. The Morgan fingerprint density at radius 2 is 2.29 bits per heavy atom. The van der Waals surface area contributed by atoms with Gasteiger partial charge in [0.2, 0.25) is 0 Å². The highest BCUT2D eigenvalue weighted by Gasteiger charge is 2.25. The largest absolute Gasteiger partial charge is 0.490 e. The molecule has 1 N–H and O–H groups in total. The molecule has 1 saturated heterocycles. The molecule has 2 aromatic rings. The van der Waals surface area contributed by atoms with Crippen LogP contribution in [0.5, 0.6) is 5.75 Å². The Balaban J connectivity index is 1.79. The first-order chi connectivity index (χ1) is 11.7. The van der Waals surface area contributed by atoms with Gasteiger partial charge < -0.3 is 10.1 Å². The Morgan fingerprint density at radius 3 is 3.04 bits per heavy atom. The predicted molar refractivity (Wildman–Crippen MR) is 93.7 cm³/mol. The molecule has 1 atom stereocenters. The van der Waals surface area contributed by atoms with Gasteiger partial charge in [0.15, 0.2) is 11.4 Å². The number of likely N-dealkylation sites (tertiary alicyclic amines) is 1. The van der Waals surface area contributed by atoms with Gasteiger partial charge in [-0.2, -0.15) is 0 Å². The van der Waals surface area contributed by atoms with Crippen LogP contribution in [0.4, 0.5) is 0 Å². The molecule has 130 valence electrons. The van der Waals surface area contributed by atoms with Crippen molar-refractivity contribution in [3.63, 3.8) is 0 Å². The molecule has 3 heterocycles. The van der Waals surface area contributed by atoms with Crippen molar-refractivity contribution >= 4 is 11.6 Å². The Hall–Kier alpha value is -2.08. The molecular weight excluding hydrogens is 304 g/mol. The number of pyridine rings is 1. The molecule has 1 aliphatic rings. The van der Waals surface area contributed by atoms with Crippen LogP contribution in [-0.4, -0.2) is 52.5 Å². The number of aromatic nitrogens is 2. The molecule has 0 unspecified atom stereocenters. The number of hydrogen-bond acceptors (Lipinski definition) is 4. The standard InChI is InChI=1S/C18H26N4O2/c1-4-21-10-6-8-14(21)12-19-18(23)16-13(3)20-17-15(24-5-2)9-7-11-22(16)17/h7,9,11,14H,4-6,8,10,12H2,1-3H3,(H,19,23)/t14-/m1/s1. The minimum absolute atomic E-state index is 0.0726. The summed E-state index contributed by atoms with van der Waals surface area (Å²) in [6.45, 7) is 9.39. The van der Waals surface area contributed by atoms with Crippen molar-refractivity contribution < 1.29 is 9.53 Å². The van der Waals surface area contributed by atoms with E-state index >= 15 is 0 Å². The minimum Gasteiger partial charge on any atom is -0.490 e. The zero-order chi connectivity index (χ0) is 17.1. The summed E-state index contributed by atoms with van der Waals surface area (Å²) >= 11 is 0. The van der Waals surface area contributed by atoms with Crippen LogP contribution in [0.15, 0.2) is 18.3 Å². The van der Waals surface area contributed by atoms with Crippen LogP contribution >= 0.6 is 0 Å². The van der Waals surface area contributed by atoms with Crippen molar-refractivity contribution in [3.05, 3.63) is 29.7 Å². The van der Waals surface area contributed by atoms with Crippen molar-refractivity contribution in [2.45, 2.75) is 39.7 Å². The summed E-state index contributed by atoms with van der Waals surface area (Å²) in [6, 6.07) is 4.20. The summed E-state index contributed by atoms with van der Waals surface area (Å²) in [4.78, 5) is 19.7. The number of likely N-dealkylation sites (N-methyl/N-ethyl adjacent to an activating group) is 1. The monoisotopic (exact) mass is 330 g/mol. The van der Waals surface area contributed by atoms with Crippen molar-refractivity contribution in [3.8, 4) is 5.75 Å². The predicted octanol–water partition coefficient (Wildman–Crippen LogP) is 2.26. The van der Waals surface area contributed by atoms with E-state index in [2.05, 4.69) is 22.1 Å². The van der Waals surface area contributed by atoms with Gasteiger partial charge in [-0.15, -0.1) is 0 Å². The van der Waals surface area contributed by atoms with Gasteiger partial charge in [-0.25, -0.2) is 4.98 Å². The van der Waals surface area contributed by atoms with Crippen LogP contribution in [0, 0.1) is 6.92 Å². The molecule has 6 heteroatoms. The third kappa shape index (κ3) is 3.11. The number of ether oxygens (including phenoxy) is 1. The lowest BCUT2D eigenvalue weighted by molar-refractivity contribution is 0.0935. The fourth-order valence-electron chi connectivity index (χ4n) is 3.53. The SMILES string of the molecule is CCOc1cccn2c(C(=O)NC[C@H]3CCCN3CC)c(C)nc12. The molecular formula is C18H26N4O2. The number of hydrogen-bond donors (Lipinski definition) is 1. The van der Waals surface area contributed by atoms with E-state index in [1.54, 1.807) is 0 Å². The van der Waals surface area contributed by atoms with Gasteiger partial charge in [0.25, 0.3) is 5.91 Å². The molecule has 6 nitrogen and oxygen atoms in total. The average molecular weight is 330 g/mol. The van der Waals surface area contributed by atoms with E-state index in [1.807, 2.05) is 36.6 Å². The Morgan fingerprint density at radius 1 is 1.46 bits per heavy atom. The van der Waals surface area contributed by atoms with E-state index in [-0.39, 0.29) is 5.91 Å². The highest BCUT2D eigenvalue weighted by Crippen LogP contribution is 2.22. The average Bonchev–Trinajstić information content (AvgIpc) is 3.16. The summed E-state index contributed by atoms with van der Waals surface area (Å²) in [5, 5.41) is 3.09. The van der Waals surface area contributed by atoms with Crippen molar-refractivity contribution in [1.29, 1.82) is 0 Å². The van der Waals surface area contributed by atoms with Crippen LogP contribution in [0.2, 0.25) is 0 Å². The number of carbonyl (C=O) groups excluding carboxylic acids is 1. The minimum atomic E-state index is -0.0726. The summed E-state index contributed by atoms with van der Waals surface area (Å²) in [6.07, 6.45) is 4.22. The summed E-state index contributed by atoms with van der Waals surface area (Å²) in [5.74, 6) is 0.631. The zero-order valence-corrected chi connectivity index (χ0v) is 14.7. The molecule has 0 spiro atoms. The fourth-order valence-corrected chi connectivity index (χ4v) is 3.53. The number of rotatable bonds is 6.